The number of rotatable bonds is 4. The van der Waals surface area contributed by atoms with Crippen molar-refractivity contribution < 1.29 is 9.59 Å². The molecule has 0 heterocycles. The molecule has 4 aliphatic rings. The van der Waals surface area contributed by atoms with E-state index in [0.29, 0.717) is 0 Å². The Bertz CT molecular complexity index is 341. The summed E-state index contributed by atoms with van der Waals surface area (Å²) >= 11 is 0. The maximum Gasteiger partial charge on any atom is 0.210 e. The van der Waals surface area contributed by atoms with Gasteiger partial charge in [-0.15, -0.1) is 0 Å². The highest BCUT2D eigenvalue weighted by molar-refractivity contribution is 5.83. The van der Waals surface area contributed by atoms with Gasteiger partial charge in [0.25, 0.3) is 0 Å². The third-order valence-corrected chi connectivity index (χ3v) is 5.67. The second-order valence-corrected chi connectivity index (χ2v) is 6.94. The van der Waals surface area contributed by atoms with E-state index in [2.05, 4.69) is 0 Å². The van der Waals surface area contributed by atoms with Crippen molar-refractivity contribution in [3.8, 4) is 0 Å². The van der Waals surface area contributed by atoms with E-state index in [1.165, 1.54) is 19.3 Å². The lowest BCUT2D eigenvalue weighted by Gasteiger charge is -2.60. The molecule has 0 spiro atoms. The molecule has 0 saturated heterocycles. The van der Waals surface area contributed by atoms with Gasteiger partial charge in [-0.3, -0.25) is 9.59 Å². The monoisotopic (exact) mass is 249 g/mol. The van der Waals surface area contributed by atoms with E-state index in [1.54, 1.807) is 6.92 Å². The number of amides is 1. The summed E-state index contributed by atoms with van der Waals surface area (Å²) in [4.78, 5) is 25.1. The zero-order valence-corrected chi connectivity index (χ0v) is 11.4. The molecule has 4 bridgehead atoms. The molecule has 18 heavy (non-hydrogen) atoms. The van der Waals surface area contributed by atoms with Crippen molar-refractivity contribution in [1.29, 1.82) is 0 Å². The molecule has 3 heteroatoms. The summed E-state index contributed by atoms with van der Waals surface area (Å²) in [7, 11) is 0. The smallest absolute Gasteiger partial charge is 0.210 e. The Balaban J connectivity index is 1.89. The van der Waals surface area contributed by atoms with Gasteiger partial charge in [0.15, 0.2) is 5.78 Å². The van der Waals surface area contributed by atoms with Crippen LogP contribution in [-0.4, -0.2) is 28.7 Å². The molecule has 0 aromatic carbocycles. The minimum Gasteiger partial charge on any atom is -0.330 e. The fourth-order valence-electron chi connectivity index (χ4n) is 5.19. The Morgan fingerprint density at radius 3 is 1.94 bits per heavy atom. The largest absolute Gasteiger partial charge is 0.330 e. The molecule has 1 unspecified atom stereocenters. The Kier molecular flexibility index (Phi) is 2.76. The predicted molar refractivity (Wildman–Crippen MR) is 68.9 cm³/mol. The number of hydrogen-bond acceptors (Lipinski definition) is 2. The zero-order valence-electron chi connectivity index (χ0n) is 11.4. The van der Waals surface area contributed by atoms with Crippen LogP contribution in [0.5, 0.6) is 0 Å². The molecule has 3 nitrogen and oxygen atoms in total. The first-order valence-corrected chi connectivity index (χ1v) is 7.28. The highest BCUT2D eigenvalue weighted by Gasteiger charge is 2.54. The molecule has 4 rings (SSSR count). The zero-order chi connectivity index (χ0) is 12.9. The lowest BCUT2D eigenvalue weighted by Crippen LogP contribution is -2.62. The van der Waals surface area contributed by atoms with Gasteiger partial charge in [0.1, 0.15) is 0 Å². The Morgan fingerprint density at radius 1 is 1.17 bits per heavy atom. The Hall–Kier alpha value is -0.860. The maximum atomic E-state index is 11.6. The van der Waals surface area contributed by atoms with Crippen LogP contribution in [0.2, 0.25) is 0 Å². The fourth-order valence-corrected chi connectivity index (χ4v) is 5.19. The first-order chi connectivity index (χ1) is 8.54. The molecule has 100 valence electrons. The van der Waals surface area contributed by atoms with Crippen molar-refractivity contribution >= 4 is 12.2 Å². The average Bonchev–Trinajstić information content (AvgIpc) is 2.27. The first kappa shape index (κ1) is 12.2. The van der Waals surface area contributed by atoms with Crippen LogP contribution in [0.15, 0.2) is 0 Å². The van der Waals surface area contributed by atoms with Crippen LogP contribution in [0.1, 0.15) is 52.4 Å². The highest BCUT2D eigenvalue weighted by atomic mass is 16.1. The lowest BCUT2D eigenvalue weighted by atomic mass is 9.52. The quantitative estimate of drug-likeness (QED) is 0.717. The van der Waals surface area contributed by atoms with Crippen LogP contribution < -0.4 is 0 Å². The van der Waals surface area contributed by atoms with Crippen LogP contribution in [0.25, 0.3) is 0 Å². The van der Waals surface area contributed by atoms with Gasteiger partial charge in [-0.1, -0.05) is 0 Å². The van der Waals surface area contributed by atoms with Crippen LogP contribution in [0.3, 0.4) is 0 Å². The number of Topliss-reactive ketones (excluding diaryl/α,β-unsaturated/α-hetero) is 1. The highest BCUT2D eigenvalue weighted by Crippen LogP contribution is 2.57. The fraction of sp³-hybridized carbons (Fsp3) is 0.867. The van der Waals surface area contributed by atoms with Crippen LogP contribution in [0, 0.1) is 17.8 Å². The van der Waals surface area contributed by atoms with E-state index >= 15 is 0 Å². The number of hydrogen-bond donors (Lipinski definition) is 0. The van der Waals surface area contributed by atoms with Gasteiger partial charge in [0.2, 0.25) is 6.41 Å². The molecular weight excluding hydrogens is 226 g/mol. The molecule has 4 aliphatic carbocycles. The second kappa shape index (κ2) is 4.07. The summed E-state index contributed by atoms with van der Waals surface area (Å²) in [6.45, 7) is 3.48. The SMILES string of the molecule is CC(=O)C(C)N(C=O)C12CC3CC(CC(C3)C1)C2. The molecule has 1 atom stereocenters. The topological polar surface area (TPSA) is 37.4 Å². The van der Waals surface area contributed by atoms with Gasteiger partial charge in [0, 0.05) is 5.54 Å². The summed E-state index contributed by atoms with van der Waals surface area (Å²) in [5, 5.41) is 0. The Labute approximate surface area is 109 Å². The summed E-state index contributed by atoms with van der Waals surface area (Å²) in [6.07, 6.45) is 8.43. The van der Waals surface area contributed by atoms with Crippen molar-refractivity contribution in [2.75, 3.05) is 0 Å². The molecule has 0 N–H and O–H groups in total. The van der Waals surface area contributed by atoms with Crippen LogP contribution in [0.4, 0.5) is 0 Å². The van der Waals surface area contributed by atoms with Crippen molar-refractivity contribution in [2.24, 2.45) is 17.8 Å². The third kappa shape index (κ3) is 1.70. The van der Waals surface area contributed by atoms with Gasteiger partial charge in [0.05, 0.1) is 6.04 Å². The van der Waals surface area contributed by atoms with Gasteiger partial charge >= 0.3 is 0 Å². The van der Waals surface area contributed by atoms with E-state index in [1.807, 2.05) is 11.8 Å². The van der Waals surface area contributed by atoms with E-state index in [9.17, 15) is 9.59 Å². The molecule has 0 aliphatic heterocycles. The maximum absolute atomic E-state index is 11.6. The molecule has 1 amide bonds. The normalized spacial score (nSPS) is 42.7. The van der Waals surface area contributed by atoms with Crippen LogP contribution in [-0.2, 0) is 9.59 Å². The number of carbonyl (C=O) groups excluding carboxylic acids is 2. The van der Waals surface area contributed by atoms with Crippen LogP contribution >= 0.6 is 0 Å². The third-order valence-electron chi connectivity index (χ3n) is 5.67. The number of ketones is 1. The molecule has 4 fully saturated rings. The van der Waals surface area contributed by atoms with Crippen molar-refractivity contribution in [3.05, 3.63) is 0 Å². The minimum atomic E-state index is -0.251. The first-order valence-electron chi connectivity index (χ1n) is 7.28. The molecule has 0 aromatic rings. The summed E-state index contributed by atoms with van der Waals surface area (Å²) in [5.41, 5.74) is 0.0155. The molecule has 4 saturated carbocycles. The summed E-state index contributed by atoms with van der Waals surface area (Å²) in [5.74, 6) is 2.52. The van der Waals surface area contributed by atoms with Gasteiger partial charge in [-0.05, 0) is 70.1 Å². The van der Waals surface area contributed by atoms with Gasteiger partial charge in [-0.2, -0.15) is 0 Å². The van der Waals surface area contributed by atoms with Gasteiger partial charge in [-0.25, -0.2) is 0 Å². The van der Waals surface area contributed by atoms with Crippen molar-refractivity contribution in [3.63, 3.8) is 0 Å². The summed E-state index contributed by atoms with van der Waals surface area (Å²) in [6, 6.07) is -0.251. The molecular formula is C15H23NO2. The number of nitrogens with zero attached hydrogens (tertiary/aromatic N) is 1. The van der Waals surface area contributed by atoms with E-state index in [4.69, 9.17) is 0 Å². The predicted octanol–water partition coefficient (Wildman–Crippen LogP) is 2.39. The average molecular weight is 249 g/mol. The Morgan fingerprint density at radius 2 is 1.61 bits per heavy atom. The standard InChI is InChI=1S/C15H23NO2/c1-10(11(2)18)16(9-17)15-6-12-3-13(7-15)5-14(4-12)8-15/h9-10,12-14H,3-8H2,1-2H3. The molecule has 0 aromatic heterocycles. The van der Waals surface area contributed by atoms with E-state index < -0.39 is 0 Å². The van der Waals surface area contributed by atoms with Crippen molar-refractivity contribution in [2.45, 2.75) is 64.0 Å². The summed E-state index contributed by atoms with van der Waals surface area (Å²) < 4.78 is 0. The van der Waals surface area contributed by atoms with E-state index in [-0.39, 0.29) is 17.4 Å². The van der Waals surface area contributed by atoms with E-state index in [0.717, 1.165) is 43.4 Å². The van der Waals surface area contributed by atoms with Crippen molar-refractivity contribution in [1.82, 2.24) is 4.90 Å². The number of carbonyl (C=O) groups is 2. The second-order valence-electron chi connectivity index (χ2n) is 6.94. The van der Waals surface area contributed by atoms with Gasteiger partial charge < -0.3 is 4.90 Å². The minimum absolute atomic E-state index is 0.0155. The molecule has 0 radical (unpaired) electrons. The lowest BCUT2D eigenvalue weighted by molar-refractivity contribution is -0.149.